The van der Waals surface area contributed by atoms with Crippen LogP contribution in [-0.4, -0.2) is 35.7 Å². The van der Waals surface area contributed by atoms with Crippen molar-refractivity contribution < 1.29 is 23.7 Å². The normalized spacial score (nSPS) is 24.8. The van der Waals surface area contributed by atoms with Gasteiger partial charge in [-0.05, 0) is 23.3 Å². The van der Waals surface area contributed by atoms with E-state index in [1.807, 2.05) is 18.2 Å². The van der Waals surface area contributed by atoms with Gasteiger partial charge in [-0.3, -0.25) is 4.99 Å². The minimum atomic E-state index is -0.397. The predicted molar refractivity (Wildman–Crippen MR) is 100 cm³/mol. The molecule has 28 heavy (non-hydrogen) atoms. The number of aromatic nitrogens is 1. The second-order valence-electron chi connectivity index (χ2n) is 6.29. The first-order valence-corrected chi connectivity index (χ1v) is 9.08. The van der Waals surface area contributed by atoms with Crippen LogP contribution in [0.25, 0.3) is 5.32 Å². The van der Waals surface area contributed by atoms with Crippen LogP contribution in [-0.2, 0) is 23.7 Å². The number of aliphatic imine (C=N–C) groups is 4. The van der Waals surface area contributed by atoms with Gasteiger partial charge in [0.1, 0.15) is 0 Å². The average Bonchev–Trinajstić information content (AvgIpc) is 3.43. The maximum absolute atomic E-state index is 8.25. The zero-order chi connectivity index (χ0) is 19.7. The zero-order valence-corrected chi connectivity index (χ0v) is 16.3. The molecule has 4 aliphatic heterocycles. The molecule has 5 rings (SSSR count). The molecule has 0 spiro atoms. The first-order valence-electron chi connectivity index (χ1n) is 8.45. The van der Waals surface area contributed by atoms with Crippen LogP contribution in [0.5, 0.6) is 0 Å². The van der Waals surface area contributed by atoms with Gasteiger partial charge in [-0.15, -0.1) is 0 Å². The number of amidine groups is 4. The molecule has 136 valence electrons. The molecule has 5 heterocycles. The van der Waals surface area contributed by atoms with Gasteiger partial charge in [0, 0.05) is 35.8 Å². The first kappa shape index (κ1) is 18.5. The van der Waals surface area contributed by atoms with E-state index in [1.165, 1.54) is 0 Å². The van der Waals surface area contributed by atoms with E-state index in [0.717, 1.165) is 31.6 Å². The maximum atomic E-state index is 8.25. The van der Waals surface area contributed by atoms with Crippen LogP contribution in [0, 0.1) is 0 Å². The van der Waals surface area contributed by atoms with Crippen molar-refractivity contribution in [2.75, 3.05) is 0 Å². The van der Waals surface area contributed by atoms with E-state index in [9.17, 15) is 0 Å². The van der Waals surface area contributed by atoms with Crippen LogP contribution in [0.2, 0.25) is 0 Å². The number of rotatable bonds is 0. The molecule has 1 aromatic heterocycles. The molecule has 0 radical (unpaired) electrons. The van der Waals surface area contributed by atoms with Crippen LogP contribution in [0.4, 0.5) is 0 Å². The van der Waals surface area contributed by atoms with Gasteiger partial charge in [0.2, 0.25) is 0 Å². The molecule has 0 N–H and O–H groups in total. The third kappa shape index (κ3) is 3.71. The molecule has 8 bridgehead atoms. The molecular formula is C18H14N8OTi. The second-order valence-corrected chi connectivity index (χ2v) is 6.29. The SMILES string of the molecule is C=C1CC2=NC1=NC1N=C(CC1=C)N=C1C=CC(N=c3ccc([n-]3)=N2)[N-]1.[O]=[Ti+2]. The summed E-state index contributed by atoms with van der Waals surface area (Å²) in [5.74, 6) is 2.44. The molecule has 9 nitrogen and oxygen atoms in total. The zero-order valence-electron chi connectivity index (χ0n) is 14.8. The van der Waals surface area contributed by atoms with Crippen LogP contribution in [0.1, 0.15) is 12.8 Å². The Morgan fingerprint density at radius 2 is 1.79 bits per heavy atom. The Bertz CT molecular complexity index is 1140. The van der Waals surface area contributed by atoms with Gasteiger partial charge in [-0.25, -0.2) is 9.98 Å². The fraction of sp³-hybridized carbons (Fsp3) is 0.222. The summed E-state index contributed by atoms with van der Waals surface area (Å²) in [7, 11) is 0. The molecule has 2 unspecified atom stereocenters. The predicted octanol–water partition coefficient (Wildman–Crippen LogP) is 0.885. The molecule has 0 fully saturated rings. The molecular weight excluding hydrogens is 392 g/mol. The first-order chi connectivity index (χ1) is 13.6. The van der Waals surface area contributed by atoms with E-state index < -0.39 is 6.17 Å². The van der Waals surface area contributed by atoms with Crippen molar-refractivity contribution in [1.82, 2.24) is 4.98 Å². The minimum absolute atomic E-state index is 0.335. The summed E-state index contributed by atoms with van der Waals surface area (Å²) in [6.07, 6.45) is 4.08. The Hall–Kier alpha value is -2.91. The van der Waals surface area contributed by atoms with Crippen LogP contribution in [0.15, 0.2) is 78.5 Å². The topological polar surface area (TPSA) is 119 Å². The third-order valence-corrected chi connectivity index (χ3v) is 4.23. The van der Waals surface area contributed by atoms with Gasteiger partial charge in [0.05, 0.1) is 5.84 Å². The standard InChI is InChI=1S/C18H14N8.O.Ti/c1-9-7-15-22-13-5-3-11(20-13)19-12-4-6-14(21-12)23-16-8-10(2)18(25-16)26-17(9)24-15;;/h3-6,11,17H,1-2,7-8H2;;/q-2;;+2. The van der Waals surface area contributed by atoms with Gasteiger partial charge in [-0.1, -0.05) is 31.1 Å². The molecule has 0 saturated carbocycles. The molecule has 1 aromatic rings. The fourth-order valence-corrected chi connectivity index (χ4v) is 2.98. The molecule has 0 amide bonds. The van der Waals surface area contributed by atoms with Crippen molar-refractivity contribution in [1.29, 1.82) is 0 Å². The van der Waals surface area contributed by atoms with Crippen molar-refractivity contribution in [2.45, 2.75) is 25.2 Å². The summed E-state index contributed by atoms with van der Waals surface area (Å²) in [6, 6.07) is 3.62. The van der Waals surface area contributed by atoms with E-state index in [2.05, 4.69) is 53.4 Å². The van der Waals surface area contributed by atoms with Gasteiger partial charge in [0.15, 0.2) is 12.0 Å². The summed E-state index contributed by atoms with van der Waals surface area (Å²) in [5, 5.41) is 4.46. The quantitative estimate of drug-likeness (QED) is 0.470. The average molecular weight is 406 g/mol. The number of hydrogen-bond donors (Lipinski definition) is 0. The van der Waals surface area contributed by atoms with Gasteiger partial charge < -0.3 is 25.3 Å². The van der Waals surface area contributed by atoms with Gasteiger partial charge in [0.25, 0.3) is 0 Å². The summed E-state index contributed by atoms with van der Waals surface area (Å²) in [5.41, 5.74) is 2.82. The molecule has 2 atom stereocenters. The van der Waals surface area contributed by atoms with Crippen LogP contribution >= 0.6 is 0 Å². The van der Waals surface area contributed by atoms with Crippen molar-refractivity contribution >= 4 is 23.3 Å². The van der Waals surface area contributed by atoms with E-state index in [4.69, 9.17) is 3.32 Å². The van der Waals surface area contributed by atoms with Gasteiger partial charge >= 0.3 is 23.7 Å². The monoisotopic (exact) mass is 406 g/mol. The Morgan fingerprint density at radius 1 is 0.964 bits per heavy atom. The fourth-order valence-electron chi connectivity index (χ4n) is 2.98. The van der Waals surface area contributed by atoms with Crippen LogP contribution < -0.4 is 16.0 Å². The van der Waals surface area contributed by atoms with E-state index in [-0.39, 0.29) is 6.17 Å². The van der Waals surface area contributed by atoms with E-state index in [0.29, 0.717) is 47.2 Å². The second kappa shape index (κ2) is 7.61. The number of hydrogen-bond acceptors (Lipinski definition) is 7. The molecule has 0 aromatic carbocycles. The summed E-state index contributed by atoms with van der Waals surface area (Å²) < 4.78 is 8.25. The van der Waals surface area contributed by atoms with E-state index >= 15 is 0 Å². The van der Waals surface area contributed by atoms with Crippen molar-refractivity contribution in [3.8, 4) is 0 Å². The van der Waals surface area contributed by atoms with Crippen molar-refractivity contribution in [3.63, 3.8) is 0 Å². The molecule has 4 aliphatic rings. The van der Waals surface area contributed by atoms with Crippen molar-refractivity contribution in [2.24, 2.45) is 30.0 Å². The third-order valence-electron chi connectivity index (χ3n) is 4.23. The molecule has 10 heteroatoms. The van der Waals surface area contributed by atoms with E-state index in [1.54, 1.807) is 6.07 Å². The van der Waals surface area contributed by atoms with Crippen molar-refractivity contribution in [3.05, 3.63) is 64.9 Å². The number of nitrogens with zero attached hydrogens (tertiary/aromatic N) is 8. The van der Waals surface area contributed by atoms with Gasteiger partial charge in [-0.2, -0.15) is 0 Å². The Labute approximate surface area is 172 Å². The summed E-state index contributed by atoms with van der Waals surface area (Å²) in [6.45, 7) is 8.10. The van der Waals surface area contributed by atoms with Crippen LogP contribution in [0.3, 0.4) is 0 Å². The Balaban J connectivity index is 0.000000932. The number of fused-ring (bicyclic) bond motifs is 6. The molecule has 0 aliphatic carbocycles. The molecule has 0 saturated heterocycles. The Morgan fingerprint density at radius 3 is 2.64 bits per heavy atom. The Kier molecular flexibility index (Phi) is 5.02. The summed E-state index contributed by atoms with van der Waals surface area (Å²) in [4.78, 5) is 31.5. The summed E-state index contributed by atoms with van der Waals surface area (Å²) >= 11 is 0.750.